The van der Waals surface area contributed by atoms with E-state index in [1.807, 2.05) is 0 Å². The number of ether oxygens (including phenoxy) is 1. The van der Waals surface area contributed by atoms with Crippen molar-refractivity contribution in [3.05, 3.63) is 64.4 Å². The lowest BCUT2D eigenvalue weighted by Gasteiger charge is -2.02. The number of carbonyl (C=O) groups excluding carboxylic acids is 1. The van der Waals surface area contributed by atoms with Crippen LogP contribution in [0, 0.1) is 17.5 Å². The van der Waals surface area contributed by atoms with Crippen molar-refractivity contribution < 1.29 is 22.7 Å². The molecule has 3 nitrogen and oxygen atoms in total. The largest absolute Gasteiger partial charge is 0.462 e. The molecule has 3 rings (SSSR count). The Morgan fingerprint density at radius 3 is 2.61 bits per heavy atom. The molecule has 0 saturated carbocycles. The zero-order valence-corrected chi connectivity index (χ0v) is 12.5. The summed E-state index contributed by atoms with van der Waals surface area (Å²) in [5.74, 6) is -3.80. The molecular weight excluding hydrogens is 327 g/mol. The molecule has 0 N–H and O–H groups in total. The summed E-state index contributed by atoms with van der Waals surface area (Å²) in [5, 5.41) is 0.365. The van der Waals surface area contributed by atoms with Crippen LogP contribution in [0.4, 0.5) is 13.2 Å². The molecule has 7 heteroatoms. The number of halogens is 3. The third kappa shape index (κ3) is 3.19. The lowest BCUT2D eigenvalue weighted by molar-refractivity contribution is 0.0509. The first-order valence-electron chi connectivity index (χ1n) is 6.71. The molecular formula is C16H10F3NO2S. The minimum atomic E-state index is -1.28. The molecule has 0 spiro atoms. The summed E-state index contributed by atoms with van der Waals surface area (Å²) in [6.07, 6.45) is 0.193. The number of thiazole rings is 1. The SMILES string of the molecule is O=C(OCCc1nc2c(F)c(F)cc(F)c2s1)c1ccccc1. The highest BCUT2D eigenvalue weighted by molar-refractivity contribution is 7.18. The first-order chi connectivity index (χ1) is 11.1. The fraction of sp³-hybridized carbons (Fsp3) is 0.125. The van der Waals surface area contributed by atoms with Gasteiger partial charge in [0.25, 0.3) is 0 Å². The molecule has 118 valence electrons. The molecule has 0 atom stereocenters. The first-order valence-corrected chi connectivity index (χ1v) is 7.53. The van der Waals surface area contributed by atoms with Gasteiger partial charge in [-0.2, -0.15) is 0 Å². The number of rotatable bonds is 4. The Bertz CT molecular complexity index is 865. The predicted octanol–water partition coefficient (Wildman–Crippen LogP) is 4.11. The second-order valence-corrected chi connectivity index (χ2v) is 5.78. The third-order valence-corrected chi connectivity index (χ3v) is 4.24. The van der Waals surface area contributed by atoms with E-state index in [1.54, 1.807) is 30.3 Å². The van der Waals surface area contributed by atoms with Crippen LogP contribution < -0.4 is 0 Å². The van der Waals surface area contributed by atoms with Crippen LogP contribution >= 0.6 is 11.3 Å². The van der Waals surface area contributed by atoms with Crippen LogP contribution in [0.5, 0.6) is 0 Å². The summed E-state index contributed by atoms with van der Waals surface area (Å²) in [4.78, 5) is 15.6. The maximum atomic E-state index is 13.6. The number of nitrogens with zero attached hydrogens (tertiary/aromatic N) is 1. The maximum absolute atomic E-state index is 13.6. The van der Waals surface area contributed by atoms with Crippen LogP contribution in [0.3, 0.4) is 0 Å². The summed E-state index contributed by atoms with van der Waals surface area (Å²) >= 11 is 0.910. The molecule has 1 aromatic heterocycles. The van der Waals surface area contributed by atoms with Gasteiger partial charge in [-0.1, -0.05) is 18.2 Å². The highest BCUT2D eigenvalue weighted by Crippen LogP contribution is 2.29. The van der Waals surface area contributed by atoms with E-state index in [4.69, 9.17) is 4.74 Å². The van der Waals surface area contributed by atoms with E-state index < -0.39 is 23.4 Å². The molecule has 2 aromatic carbocycles. The molecule has 0 aliphatic rings. The molecule has 0 unspecified atom stereocenters. The molecule has 3 aromatic rings. The number of fused-ring (bicyclic) bond motifs is 1. The number of hydrogen-bond acceptors (Lipinski definition) is 4. The van der Waals surface area contributed by atoms with Gasteiger partial charge in [-0.25, -0.2) is 22.9 Å². The molecule has 23 heavy (non-hydrogen) atoms. The van der Waals surface area contributed by atoms with Crippen LogP contribution in [-0.2, 0) is 11.2 Å². The Morgan fingerprint density at radius 2 is 1.87 bits per heavy atom. The van der Waals surface area contributed by atoms with Crippen LogP contribution in [0.1, 0.15) is 15.4 Å². The molecule has 0 bridgehead atoms. The van der Waals surface area contributed by atoms with Crippen molar-refractivity contribution in [1.29, 1.82) is 0 Å². The average molecular weight is 337 g/mol. The molecule has 0 saturated heterocycles. The van der Waals surface area contributed by atoms with Crippen molar-refractivity contribution in [3.8, 4) is 0 Å². The molecule has 1 heterocycles. The van der Waals surface area contributed by atoms with Crippen LogP contribution in [0.15, 0.2) is 36.4 Å². The number of esters is 1. The van der Waals surface area contributed by atoms with E-state index in [2.05, 4.69) is 4.98 Å². The van der Waals surface area contributed by atoms with Crippen molar-refractivity contribution in [2.24, 2.45) is 0 Å². The van der Waals surface area contributed by atoms with Crippen molar-refractivity contribution in [2.75, 3.05) is 6.61 Å². The zero-order chi connectivity index (χ0) is 16.4. The topological polar surface area (TPSA) is 39.2 Å². The number of benzene rings is 2. The van der Waals surface area contributed by atoms with Gasteiger partial charge in [-0.15, -0.1) is 11.3 Å². The standard InChI is InChI=1S/C16H10F3NO2S/c17-10-8-11(18)15-14(13(10)19)20-12(23-15)6-7-22-16(21)9-4-2-1-3-5-9/h1-5,8H,6-7H2. The zero-order valence-electron chi connectivity index (χ0n) is 11.7. The molecule has 0 aliphatic heterocycles. The second kappa shape index (κ2) is 6.37. The highest BCUT2D eigenvalue weighted by atomic mass is 32.1. The Hall–Kier alpha value is -2.41. The molecule has 0 radical (unpaired) electrons. The Morgan fingerprint density at radius 1 is 1.13 bits per heavy atom. The summed E-state index contributed by atoms with van der Waals surface area (Å²) in [6.45, 7) is 0.0132. The van der Waals surface area contributed by atoms with Gasteiger partial charge in [0.2, 0.25) is 0 Å². The molecule has 0 fully saturated rings. The van der Waals surface area contributed by atoms with E-state index in [9.17, 15) is 18.0 Å². The minimum Gasteiger partial charge on any atom is -0.462 e. The maximum Gasteiger partial charge on any atom is 0.338 e. The van der Waals surface area contributed by atoms with E-state index in [0.29, 0.717) is 16.6 Å². The quantitative estimate of drug-likeness (QED) is 0.531. The summed E-state index contributed by atoms with van der Waals surface area (Å²) in [6, 6.07) is 8.94. The van der Waals surface area contributed by atoms with Gasteiger partial charge >= 0.3 is 5.97 Å². The summed E-state index contributed by atoms with van der Waals surface area (Å²) in [7, 11) is 0. The van der Waals surface area contributed by atoms with Gasteiger partial charge in [0.05, 0.1) is 21.9 Å². The van der Waals surface area contributed by atoms with Gasteiger partial charge in [0.1, 0.15) is 11.3 Å². The van der Waals surface area contributed by atoms with Crippen LogP contribution in [0.2, 0.25) is 0 Å². The van der Waals surface area contributed by atoms with E-state index >= 15 is 0 Å². The molecule has 0 amide bonds. The Labute approximate surface area is 133 Å². The fourth-order valence-corrected chi connectivity index (χ4v) is 2.97. The first kappa shape index (κ1) is 15.5. The fourth-order valence-electron chi connectivity index (χ4n) is 2.02. The Kier molecular flexibility index (Phi) is 4.29. The smallest absolute Gasteiger partial charge is 0.338 e. The van der Waals surface area contributed by atoms with Gasteiger partial charge < -0.3 is 4.74 Å². The molecule has 0 aliphatic carbocycles. The van der Waals surface area contributed by atoms with Crippen molar-refractivity contribution >= 4 is 27.5 Å². The van der Waals surface area contributed by atoms with E-state index in [1.165, 1.54) is 0 Å². The van der Waals surface area contributed by atoms with E-state index in [0.717, 1.165) is 11.3 Å². The normalized spacial score (nSPS) is 10.9. The highest BCUT2D eigenvalue weighted by Gasteiger charge is 2.17. The number of aromatic nitrogens is 1. The van der Waals surface area contributed by atoms with Crippen molar-refractivity contribution in [2.45, 2.75) is 6.42 Å². The number of hydrogen-bond donors (Lipinski definition) is 0. The second-order valence-electron chi connectivity index (χ2n) is 4.69. The third-order valence-electron chi connectivity index (χ3n) is 3.12. The van der Waals surface area contributed by atoms with Crippen molar-refractivity contribution in [1.82, 2.24) is 4.98 Å². The van der Waals surface area contributed by atoms with Gasteiger partial charge in [-0.3, -0.25) is 0 Å². The number of carbonyl (C=O) groups is 1. The van der Waals surface area contributed by atoms with Gasteiger partial charge in [0.15, 0.2) is 11.6 Å². The van der Waals surface area contributed by atoms with Crippen molar-refractivity contribution in [3.63, 3.8) is 0 Å². The predicted molar refractivity (Wildman–Crippen MR) is 79.9 cm³/mol. The minimum absolute atomic E-state index is 0.0132. The average Bonchev–Trinajstić information content (AvgIpc) is 2.98. The Balaban J connectivity index is 1.70. The van der Waals surface area contributed by atoms with Gasteiger partial charge in [0, 0.05) is 12.5 Å². The van der Waals surface area contributed by atoms with Crippen LogP contribution in [-0.4, -0.2) is 17.6 Å². The van der Waals surface area contributed by atoms with E-state index in [-0.39, 0.29) is 23.2 Å². The lowest BCUT2D eigenvalue weighted by atomic mass is 10.2. The van der Waals surface area contributed by atoms with Crippen LogP contribution in [0.25, 0.3) is 10.2 Å². The summed E-state index contributed by atoms with van der Waals surface area (Å²) in [5.41, 5.74) is 0.0767. The van der Waals surface area contributed by atoms with Gasteiger partial charge in [-0.05, 0) is 12.1 Å². The monoisotopic (exact) mass is 337 g/mol. The lowest BCUT2D eigenvalue weighted by Crippen LogP contribution is -2.07. The summed E-state index contributed by atoms with van der Waals surface area (Å²) < 4.78 is 45.3.